The van der Waals surface area contributed by atoms with Gasteiger partial charge in [0.15, 0.2) is 11.9 Å². The monoisotopic (exact) mass is 806 g/mol. The second kappa shape index (κ2) is 18.0. The molecule has 18 atom stereocenters. The van der Waals surface area contributed by atoms with E-state index in [1.54, 1.807) is 14.0 Å². The molecule has 4 saturated heterocycles. The van der Waals surface area contributed by atoms with E-state index in [0.29, 0.717) is 51.4 Å². The van der Waals surface area contributed by atoms with Gasteiger partial charge in [-0.25, -0.2) is 0 Å². The minimum Gasteiger partial charge on any atom is -0.453 e. The minimum absolute atomic E-state index is 0.00258. The normalized spacial score (nSPS) is 43.6. The molecule has 12 heteroatoms. The fraction of sp³-hybridized carbons (Fsp3) is 0.889. The number of rotatable bonds is 13. The van der Waals surface area contributed by atoms with Crippen LogP contribution in [0.4, 0.5) is 0 Å². The first-order chi connectivity index (χ1) is 26.7. The maximum atomic E-state index is 14.6. The van der Waals surface area contributed by atoms with Crippen LogP contribution in [0, 0.1) is 41.4 Å². The number of amides is 1. The summed E-state index contributed by atoms with van der Waals surface area (Å²) in [6.45, 7) is 21.3. The van der Waals surface area contributed by atoms with Crippen LogP contribution in [0.25, 0.3) is 0 Å². The van der Waals surface area contributed by atoms with Gasteiger partial charge in [-0.15, -0.1) is 0 Å². The van der Waals surface area contributed by atoms with Crippen LogP contribution in [0.2, 0.25) is 0 Å². The summed E-state index contributed by atoms with van der Waals surface area (Å²) in [5, 5.41) is 25.8. The number of hydrogen-bond acceptors (Lipinski definition) is 11. The highest BCUT2D eigenvalue weighted by Crippen LogP contribution is 2.54. The molecule has 0 aromatic carbocycles. The molecule has 0 radical (unpaired) electrons. The highest BCUT2D eigenvalue weighted by atomic mass is 16.8. The van der Waals surface area contributed by atoms with Crippen molar-refractivity contribution in [2.24, 2.45) is 41.4 Å². The lowest BCUT2D eigenvalue weighted by atomic mass is 9.72. The molecule has 0 bridgehead atoms. The predicted molar refractivity (Wildman–Crippen MR) is 215 cm³/mol. The molecule has 5 heterocycles. The molecule has 0 saturated carbocycles. The van der Waals surface area contributed by atoms with Crippen LogP contribution < -0.4 is 5.32 Å². The zero-order chi connectivity index (χ0) is 42.2. The summed E-state index contributed by atoms with van der Waals surface area (Å²) in [5.74, 6) is -5.02. The van der Waals surface area contributed by atoms with Crippen LogP contribution in [0.3, 0.4) is 0 Å². The number of ether oxygens (including phenoxy) is 6. The van der Waals surface area contributed by atoms with E-state index in [1.165, 1.54) is 6.92 Å². The van der Waals surface area contributed by atoms with Crippen molar-refractivity contribution in [3.8, 4) is 0 Å². The number of ketones is 1. The van der Waals surface area contributed by atoms with Crippen LogP contribution >= 0.6 is 0 Å². The molecule has 0 aromatic heterocycles. The smallest absolute Gasteiger partial charge is 0.303 e. The maximum Gasteiger partial charge on any atom is 0.303 e. The zero-order valence-electron chi connectivity index (χ0n) is 36.9. The Morgan fingerprint density at radius 3 is 2.19 bits per heavy atom. The number of aliphatic hydroxyl groups excluding tert-OH is 1. The molecule has 0 aliphatic carbocycles. The van der Waals surface area contributed by atoms with Crippen LogP contribution in [0.15, 0.2) is 12.2 Å². The highest BCUT2D eigenvalue weighted by Gasteiger charge is 2.64. The predicted octanol–water partition coefficient (Wildman–Crippen LogP) is 6.42. The quantitative estimate of drug-likeness (QED) is 0.139. The van der Waals surface area contributed by atoms with Crippen LogP contribution in [0.5, 0.6) is 0 Å². The first-order valence-corrected chi connectivity index (χ1v) is 22.1. The number of hydrogen-bond donors (Lipinski definition) is 3. The number of nitrogens with one attached hydrogen (secondary N) is 1. The van der Waals surface area contributed by atoms with Crippen molar-refractivity contribution in [3.63, 3.8) is 0 Å². The van der Waals surface area contributed by atoms with E-state index in [-0.39, 0.29) is 65.7 Å². The topological polar surface area (TPSA) is 159 Å². The number of esters is 1. The van der Waals surface area contributed by atoms with Gasteiger partial charge in [0.25, 0.3) is 0 Å². The van der Waals surface area contributed by atoms with E-state index >= 15 is 0 Å². The fourth-order valence-electron chi connectivity index (χ4n) is 11.0. The molecular formula is C45H75NO11. The summed E-state index contributed by atoms with van der Waals surface area (Å²) in [4.78, 5) is 39.7. The van der Waals surface area contributed by atoms with Crippen LogP contribution in [0.1, 0.15) is 140 Å². The Kier molecular flexibility index (Phi) is 14.5. The van der Waals surface area contributed by atoms with Gasteiger partial charge >= 0.3 is 5.97 Å². The average molecular weight is 806 g/mol. The molecule has 4 fully saturated rings. The van der Waals surface area contributed by atoms with Gasteiger partial charge < -0.3 is 44.0 Å². The molecule has 57 heavy (non-hydrogen) atoms. The fourth-order valence-corrected chi connectivity index (χ4v) is 11.0. The number of carbonyl (C=O) groups excluding carboxylic acids is 3. The molecule has 1 amide bonds. The van der Waals surface area contributed by atoms with E-state index in [2.05, 4.69) is 26.1 Å². The van der Waals surface area contributed by atoms with Crippen molar-refractivity contribution in [1.29, 1.82) is 0 Å². The first kappa shape index (κ1) is 46.1. The number of Topliss-reactive ketones (excluding diaryl/α,β-unsaturated/α-hetero) is 1. The Morgan fingerprint density at radius 1 is 0.912 bits per heavy atom. The Morgan fingerprint density at radius 2 is 1.60 bits per heavy atom. The van der Waals surface area contributed by atoms with Gasteiger partial charge in [-0.3, -0.25) is 14.4 Å². The van der Waals surface area contributed by atoms with Crippen molar-refractivity contribution >= 4 is 17.7 Å². The molecular weight excluding hydrogens is 730 g/mol. The Labute approximate surface area is 341 Å². The Hall–Kier alpha value is -1.93. The molecule has 12 nitrogen and oxygen atoms in total. The maximum absolute atomic E-state index is 14.6. The summed E-state index contributed by atoms with van der Waals surface area (Å²) >= 11 is 0. The summed E-state index contributed by atoms with van der Waals surface area (Å²) in [7, 11) is 1.64. The summed E-state index contributed by atoms with van der Waals surface area (Å²) in [5.41, 5.74) is -1.69. The van der Waals surface area contributed by atoms with Gasteiger partial charge in [-0.05, 0) is 95.6 Å². The highest BCUT2D eigenvalue weighted by molar-refractivity contribution is 5.84. The molecule has 1 unspecified atom stereocenters. The van der Waals surface area contributed by atoms with Gasteiger partial charge in [-0.1, -0.05) is 55.4 Å². The van der Waals surface area contributed by atoms with Crippen molar-refractivity contribution in [3.05, 3.63) is 12.2 Å². The second-order valence-corrected chi connectivity index (χ2v) is 18.8. The number of carbonyl (C=O) groups is 3. The van der Waals surface area contributed by atoms with Gasteiger partial charge in [-0.2, -0.15) is 0 Å². The van der Waals surface area contributed by atoms with E-state index in [9.17, 15) is 24.6 Å². The van der Waals surface area contributed by atoms with Crippen molar-refractivity contribution < 1.29 is 53.0 Å². The van der Waals surface area contributed by atoms with Crippen LogP contribution in [-0.2, 0) is 42.8 Å². The van der Waals surface area contributed by atoms with Crippen LogP contribution in [-0.4, -0.2) is 100 Å². The molecule has 5 aliphatic rings. The molecule has 5 aliphatic heterocycles. The van der Waals surface area contributed by atoms with Gasteiger partial charge in [0.05, 0.1) is 53.7 Å². The first-order valence-electron chi connectivity index (χ1n) is 22.1. The molecule has 5 rings (SSSR count). The lowest BCUT2D eigenvalue weighted by Crippen LogP contribution is -2.63. The van der Waals surface area contributed by atoms with E-state index in [1.807, 2.05) is 53.7 Å². The van der Waals surface area contributed by atoms with Crippen molar-refractivity contribution in [2.45, 2.75) is 206 Å². The minimum atomic E-state index is -1.37. The molecule has 3 N–H and O–H groups in total. The summed E-state index contributed by atoms with van der Waals surface area (Å²) in [6.07, 6.45) is 6.38. The summed E-state index contributed by atoms with van der Waals surface area (Å²) in [6, 6.07) is 0. The van der Waals surface area contributed by atoms with Gasteiger partial charge in [0.2, 0.25) is 11.7 Å². The second-order valence-electron chi connectivity index (χ2n) is 18.8. The number of aliphatic hydroxyl groups is 2. The third-order valence-electron chi connectivity index (χ3n) is 15.0. The third kappa shape index (κ3) is 8.94. The van der Waals surface area contributed by atoms with Gasteiger partial charge in [0, 0.05) is 44.1 Å². The van der Waals surface area contributed by atoms with Gasteiger partial charge in [0.1, 0.15) is 5.78 Å². The lowest BCUT2D eigenvalue weighted by molar-refractivity contribution is -0.409. The summed E-state index contributed by atoms with van der Waals surface area (Å²) < 4.78 is 40.1. The zero-order valence-corrected chi connectivity index (χ0v) is 36.9. The average Bonchev–Trinajstić information content (AvgIpc) is 3.52. The SMILES string of the molecule is CCC(C(=O)[C@@H](C)[C@@H](O)[C@H](C)[C@@H]1O[C@@H]([C@@H](CC)C(=O)NC)CC[C@@H]1C)[C@H]1O[C@]2(C=C[C@@H](OC(C)=O)[C@]3(CC[C@@](C)([C@H]4CC[C@](O)(CC)[C@H](C)O4)O3)O2)[C@H](C)C[C@@H]1C. The van der Waals surface area contributed by atoms with Crippen molar-refractivity contribution in [1.82, 2.24) is 5.32 Å². The molecule has 0 aromatic rings. The van der Waals surface area contributed by atoms with Crippen molar-refractivity contribution in [2.75, 3.05) is 7.05 Å². The van der Waals surface area contributed by atoms with E-state index < -0.39 is 58.9 Å². The lowest BCUT2D eigenvalue weighted by Gasteiger charge is -2.54. The van der Waals surface area contributed by atoms with E-state index in [4.69, 9.17) is 28.4 Å². The Bertz CT molecular complexity index is 1460. The molecule has 326 valence electrons. The third-order valence-corrected chi connectivity index (χ3v) is 15.0. The van der Waals surface area contributed by atoms with E-state index in [0.717, 1.165) is 12.8 Å². The molecule has 2 spiro atoms. The Balaban J connectivity index is 1.36. The standard InChI is InChI=1S/C45H75NO11/c1-13-32(41(50)46-12)34-17-16-25(4)39(54-34)29(8)37(48)28(7)38(49)33(14-2)40-26(5)24-27(6)44(55-40)21-19-36(53-31(10)47)45(57-44)23-22-42(11,56-45)35-18-20-43(51,15-3)30(9)52-35/h19,21,25-30,32-37,39-40,48,51H,13-18,20,22-24H2,1-12H3,(H,46,50)/t25-,26-,27+,28-,29-,30-,32+,33?,34+,35+,36+,37+,39+,40-,42-,43+,44-,45-/m0/s1. The largest absolute Gasteiger partial charge is 0.453 e.